The van der Waals surface area contributed by atoms with Crippen LogP contribution >= 0.6 is 0 Å². The van der Waals surface area contributed by atoms with Gasteiger partial charge in [0.25, 0.3) is 0 Å². The number of hydrogen-bond donors (Lipinski definition) is 1. The number of carbonyl (C=O) groups is 2. The number of esters is 2. The fourth-order valence-corrected chi connectivity index (χ4v) is 6.11. The fourth-order valence-electron chi connectivity index (χ4n) is 6.11. The molecule has 0 bridgehead atoms. The molecular weight excluding hydrogens is 618 g/mol. The third kappa shape index (κ3) is 31.4. The minimum atomic E-state index is -0.510. The molecule has 1 aromatic carbocycles. The molecule has 0 aromatic heterocycles. The first kappa shape index (κ1) is 45.5. The van der Waals surface area contributed by atoms with Crippen LogP contribution in [0.4, 0.5) is 5.69 Å². The largest absolute Gasteiger partial charge is 0.462 e. The van der Waals surface area contributed by atoms with Gasteiger partial charge >= 0.3 is 11.9 Å². The van der Waals surface area contributed by atoms with E-state index in [4.69, 9.17) is 9.47 Å². The molecule has 5 nitrogen and oxygen atoms in total. The van der Waals surface area contributed by atoms with E-state index >= 15 is 0 Å². The van der Waals surface area contributed by atoms with Crippen molar-refractivity contribution in [2.75, 3.05) is 18.5 Å². The lowest BCUT2D eigenvalue weighted by Gasteiger charge is -2.19. The van der Waals surface area contributed by atoms with Gasteiger partial charge in [0.2, 0.25) is 0 Å². The standard InChI is InChI=1S/C45H77NO4/c1-3-5-7-9-11-13-15-17-19-21-23-25-27-29-34-38-44(47)49-41-43(40-46-42-36-32-31-33-37-42)50-45(48)39-35-30-28-26-24-22-20-18-16-14-12-10-8-6-4-2/h17-20,31-33,36-37,43,46H,3-16,21-30,34-35,38-41H2,1-2H3/b19-17-,20-18-. The van der Waals surface area contributed by atoms with E-state index in [2.05, 4.69) is 43.5 Å². The molecule has 1 aromatic rings. The average molecular weight is 696 g/mol. The third-order valence-corrected chi connectivity index (χ3v) is 9.32. The second kappa shape index (κ2) is 36.2. The van der Waals surface area contributed by atoms with E-state index in [1.165, 1.54) is 116 Å². The van der Waals surface area contributed by atoms with Gasteiger partial charge < -0.3 is 14.8 Å². The summed E-state index contributed by atoms with van der Waals surface area (Å²) in [6, 6.07) is 9.84. The lowest BCUT2D eigenvalue weighted by molar-refractivity contribution is -0.158. The molecule has 0 aliphatic heterocycles. The molecule has 286 valence electrons. The predicted molar refractivity (Wildman–Crippen MR) is 215 cm³/mol. The second-order valence-corrected chi connectivity index (χ2v) is 14.2. The quantitative estimate of drug-likeness (QED) is 0.0430. The normalized spacial score (nSPS) is 12.1. The summed E-state index contributed by atoms with van der Waals surface area (Å²) in [5.74, 6) is -0.420. The van der Waals surface area contributed by atoms with E-state index in [0.29, 0.717) is 19.4 Å². The molecular formula is C45H77NO4. The Labute approximate surface area is 308 Å². The number of nitrogens with one attached hydrogen (secondary N) is 1. The van der Waals surface area contributed by atoms with Gasteiger partial charge in [-0.1, -0.05) is 159 Å². The molecule has 1 atom stereocenters. The highest BCUT2D eigenvalue weighted by Crippen LogP contribution is 2.13. The minimum absolute atomic E-state index is 0.0852. The summed E-state index contributed by atoms with van der Waals surface area (Å²) in [6.07, 6.45) is 41.6. The third-order valence-electron chi connectivity index (χ3n) is 9.32. The molecule has 0 radical (unpaired) electrons. The van der Waals surface area contributed by atoms with Gasteiger partial charge in [0, 0.05) is 18.5 Å². The Morgan fingerprint density at radius 1 is 0.540 bits per heavy atom. The van der Waals surface area contributed by atoms with Crippen molar-refractivity contribution < 1.29 is 19.1 Å². The van der Waals surface area contributed by atoms with Crippen LogP contribution in [0.15, 0.2) is 54.6 Å². The number of ether oxygens (including phenoxy) is 2. The molecule has 0 heterocycles. The molecule has 0 aliphatic rings. The molecule has 5 heteroatoms. The maximum Gasteiger partial charge on any atom is 0.306 e. The Balaban J connectivity index is 2.16. The highest BCUT2D eigenvalue weighted by atomic mass is 16.6. The molecule has 0 spiro atoms. The maximum absolute atomic E-state index is 12.7. The number of rotatable bonds is 36. The van der Waals surface area contributed by atoms with Crippen molar-refractivity contribution in [3.8, 4) is 0 Å². The van der Waals surface area contributed by atoms with E-state index in [-0.39, 0.29) is 18.5 Å². The molecule has 0 fully saturated rings. The SMILES string of the molecule is CCCCCCCC/C=C\CCCCCCCC(=O)OCC(CNc1ccccc1)OC(=O)CCCCCCC/C=C\CCCCCCCC. The van der Waals surface area contributed by atoms with Crippen LogP contribution < -0.4 is 5.32 Å². The lowest BCUT2D eigenvalue weighted by atomic mass is 10.1. The monoisotopic (exact) mass is 696 g/mol. The van der Waals surface area contributed by atoms with Gasteiger partial charge in [0.15, 0.2) is 6.10 Å². The van der Waals surface area contributed by atoms with Crippen LogP contribution in [0.25, 0.3) is 0 Å². The van der Waals surface area contributed by atoms with Crippen molar-refractivity contribution >= 4 is 17.6 Å². The number of anilines is 1. The van der Waals surface area contributed by atoms with Gasteiger partial charge in [-0.3, -0.25) is 9.59 Å². The first-order chi connectivity index (χ1) is 24.7. The molecule has 1 N–H and O–H groups in total. The van der Waals surface area contributed by atoms with Crippen molar-refractivity contribution in [2.24, 2.45) is 0 Å². The predicted octanol–water partition coefficient (Wildman–Crippen LogP) is 13.6. The first-order valence-electron chi connectivity index (χ1n) is 21.1. The Morgan fingerprint density at radius 3 is 1.40 bits per heavy atom. The number of benzene rings is 1. The van der Waals surface area contributed by atoms with Gasteiger partial charge in [-0.2, -0.15) is 0 Å². The summed E-state index contributed by atoms with van der Waals surface area (Å²) in [6.45, 7) is 5.02. The Morgan fingerprint density at radius 2 is 0.940 bits per heavy atom. The summed E-state index contributed by atoms with van der Waals surface area (Å²) in [5.41, 5.74) is 0.949. The van der Waals surface area contributed by atoms with Crippen molar-refractivity contribution in [1.29, 1.82) is 0 Å². The van der Waals surface area contributed by atoms with Crippen LogP contribution in [0.5, 0.6) is 0 Å². The van der Waals surface area contributed by atoms with Crippen molar-refractivity contribution in [3.63, 3.8) is 0 Å². The smallest absolute Gasteiger partial charge is 0.306 e. The number of para-hydroxylation sites is 1. The van der Waals surface area contributed by atoms with Gasteiger partial charge in [-0.25, -0.2) is 0 Å². The zero-order valence-corrected chi connectivity index (χ0v) is 32.6. The van der Waals surface area contributed by atoms with Crippen molar-refractivity contribution in [2.45, 2.75) is 200 Å². The molecule has 0 aliphatic carbocycles. The summed E-state index contributed by atoms with van der Waals surface area (Å²) in [5, 5.41) is 3.32. The topological polar surface area (TPSA) is 64.6 Å². The lowest BCUT2D eigenvalue weighted by Crippen LogP contribution is -2.31. The number of allylic oxidation sites excluding steroid dienone is 4. The molecule has 0 saturated heterocycles. The minimum Gasteiger partial charge on any atom is -0.462 e. The number of carbonyl (C=O) groups excluding carboxylic acids is 2. The summed E-state index contributed by atoms with van der Waals surface area (Å²) < 4.78 is 11.4. The maximum atomic E-state index is 12.7. The van der Waals surface area contributed by atoms with Gasteiger partial charge in [0.1, 0.15) is 6.61 Å². The highest BCUT2D eigenvalue weighted by Gasteiger charge is 2.17. The molecule has 1 unspecified atom stereocenters. The van der Waals surface area contributed by atoms with E-state index in [1.54, 1.807) is 0 Å². The molecule has 1 rings (SSSR count). The van der Waals surface area contributed by atoms with Crippen LogP contribution in [-0.2, 0) is 19.1 Å². The van der Waals surface area contributed by atoms with Crippen LogP contribution in [0, 0.1) is 0 Å². The van der Waals surface area contributed by atoms with Crippen LogP contribution in [0.1, 0.15) is 194 Å². The van der Waals surface area contributed by atoms with Crippen LogP contribution in [0.3, 0.4) is 0 Å². The fraction of sp³-hybridized carbons (Fsp3) is 0.733. The molecule has 50 heavy (non-hydrogen) atoms. The number of hydrogen-bond acceptors (Lipinski definition) is 5. The highest BCUT2D eigenvalue weighted by molar-refractivity contribution is 5.70. The Hall–Kier alpha value is -2.56. The van der Waals surface area contributed by atoms with Gasteiger partial charge in [0.05, 0.1) is 6.54 Å². The number of unbranched alkanes of at least 4 members (excludes halogenated alkanes) is 22. The van der Waals surface area contributed by atoms with E-state index < -0.39 is 6.10 Å². The van der Waals surface area contributed by atoms with Gasteiger partial charge in [-0.05, 0) is 76.3 Å². The zero-order chi connectivity index (χ0) is 36.0. The Kier molecular flexibility index (Phi) is 32.9. The van der Waals surface area contributed by atoms with Gasteiger partial charge in [-0.15, -0.1) is 0 Å². The molecule has 0 saturated carbocycles. The molecule has 0 amide bonds. The van der Waals surface area contributed by atoms with E-state index in [9.17, 15) is 9.59 Å². The zero-order valence-electron chi connectivity index (χ0n) is 32.6. The average Bonchev–Trinajstić information content (AvgIpc) is 3.13. The second-order valence-electron chi connectivity index (χ2n) is 14.2. The summed E-state index contributed by atoms with van der Waals surface area (Å²) in [4.78, 5) is 25.1. The van der Waals surface area contributed by atoms with E-state index in [1.807, 2.05) is 30.3 Å². The van der Waals surface area contributed by atoms with Crippen LogP contribution in [-0.4, -0.2) is 31.2 Å². The summed E-state index contributed by atoms with van der Waals surface area (Å²) in [7, 11) is 0. The summed E-state index contributed by atoms with van der Waals surface area (Å²) >= 11 is 0. The van der Waals surface area contributed by atoms with Crippen molar-refractivity contribution in [3.05, 3.63) is 54.6 Å². The Bertz CT molecular complexity index is 944. The van der Waals surface area contributed by atoms with Crippen LogP contribution in [0.2, 0.25) is 0 Å². The van der Waals surface area contributed by atoms with E-state index in [0.717, 1.165) is 57.1 Å². The van der Waals surface area contributed by atoms with Crippen molar-refractivity contribution in [1.82, 2.24) is 0 Å². The first-order valence-corrected chi connectivity index (χ1v) is 21.1.